The summed E-state index contributed by atoms with van der Waals surface area (Å²) >= 11 is 6.27. The zero-order valence-electron chi connectivity index (χ0n) is 9.76. The van der Waals surface area contributed by atoms with Gasteiger partial charge in [-0.25, -0.2) is 0 Å². The highest BCUT2D eigenvalue weighted by atomic mass is 35.5. The Morgan fingerprint density at radius 2 is 2.29 bits per heavy atom. The van der Waals surface area contributed by atoms with E-state index in [2.05, 4.69) is 18.3 Å². The maximum absolute atomic E-state index is 10.2. The van der Waals surface area contributed by atoms with E-state index in [9.17, 15) is 5.11 Å². The maximum atomic E-state index is 10.2. The fourth-order valence-electron chi connectivity index (χ4n) is 2.56. The smallest absolute Gasteiger partial charge is 0.200 e. The predicted molar refractivity (Wildman–Crippen MR) is 69.7 cm³/mol. The summed E-state index contributed by atoms with van der Waals surface area (Å²) < 4.78 is 1.96. The average molecular weight is 251 g/mol. The minimum Gasteiger partial charge on any atom is -0.494 e. The van der Waals surface area contributed by atoms with E-state index in [4.69, 9.17) is 11.6 Å². The highest BCUT2D eigenvalue weighted by Gasteiger charge is 2.21. The lowest BCUT2D eigenvalue weighted by Gasteiger charge is -2.17. The van der Waals surface area contributed by atoms with Crippen LogP contribution in [0.15, 0.2) is 12.1 Å². The van der Waals surface area contributed by atoms with Gasteiger partial charge in [-0.2, -0.15) is 0 Å². The summed E-state index contributed by atoms with van der Waals surface area (Å²) in [5.41, 5.74) is 2.35. The lowest BCUT2D eigenvalue weighted by Crippen LogP contribution is -2.27. The molecule has 2 aromatic rings. The van der Waals surface area contributed by atoms with Gasteiger partial charge < -0.3 is 15.0 Å². The summed E-state index contributed by atoms with van der Waals surface area (Å²) in [5, 5.41) is 16.1. The van der Waals surface area contributed by atoms with Crippen molar-refractivity contribution in [3.63, 3.8) is 0 Å². The normalized spacial score (nSPS) is 15.2. The molecule has 0 atom stereocenters. The topological polar surface area (TPSA) is 37.2 Å². The molecule has 0 aliphatic carbocycles. The van der Waals surface area contributed by atoms with E-state index in [1.54, 1.807) is 0 Å². The molecule has 0 unspecified atom stereocenters. The van der Waals surface area contributed by atoms with Gasteiger partial charge in [-0.3, -0.25) is 0 Å². The molecule has 2 heterocycles. The summed E-state index contributed by atoms with van der Waals surface area (Å²) in [6.07, 6.45) is 0.953. The van der Waals surface area contributed by atoms with Crippen molar-refractivity contribution in [2.75, 3.05) is 6.54 Å². The Balaban J connectivity index is 2.38. The van der Waals surface area contributed by atoms with Crippen LogP contribution in [0.4, 0.5) is 0 Å². The second-order valence-corrected chi connectivity index (χ2v) is 4.86. The van der Waals surface area contributed by atoms with Crippen molar-refractivity contribution in [2.24, 2.45) is 0 Å². The van der Waals surface area contributed by atoms with Crippen molar-refractivity contribution < 1.29 is 5.11 Å². The lowest BCUT2D eigenvalue weighted by molar-refractivity contribution is 0.396. The van der Waals surface area contributed by atoms with Gasteiger partial charge in [0, 0.05) is 30.7 Å². The van der Waals surface area contributed by atoms with Gasteiger partial charge in [-0.15, -0.1) is 0 Å². The molecule has 90 valence electrons. The van der Waals surface area contributed by atoms with Crippen LogP contribution in [-0.2, 0) is 19.5 Å². The Kier molecular flexibility index (Phi) is 2.53. The van der Waals surface area contributed by atoms with Crippen LogP contribution >= 0.6 is 11.6 Å². The van der Waals surface area contributed by atoms with E-state index in [0.717, 1.165) is 42.5 Å². The summed E-state index contributed by atoms with van der Waals surface area (Å²) in [6, 6.07) is 4.09. The number of aromatic nitrogens is 1. The molecule has 1 aliphatic rings. The molecular formula is C13H15ClN2O. The average Bonchev–Trinajstić information content (AvgIpc) is 2.64. The van der Waals surface area contributed by atoms with Gasteiger partial charge in [0.2, 0.25) is 5.88 Å². The maximum Gasteiger partial charge on any atom is 0.200 e. The number of benzene rings is 1. The first-order valence-corrected chi connectivity index (χ1v) is 6.33. The van der Waals surface area contributed by atoms with Gasteiger partial charge in [0.05, 0.1) is 10.4 Å². The van der Waals surface area contributed by atoms with Gasteiger partial charge >= 0.3 is 0 Å². The summed E-state index contributed by atoms with van der Waals surface area (Å²) in [4.78, 5) is 0. The first-order chi connectivity index (χ1) is 8.22. The first-order valence-electron chi connectivity index (χ1n) is 5.95. The van der Waals surface area contributed by atoms with Crippen molar-refractivity contribution in [2.45, 2.75) is 26.4 Å². The molecule has 1 aromatic heterocycles. The molecule has 1 aromatic carbocycles. The van der Waals surface area contributed by atoms with Gasteiger partial charge in [-0.05, 0) is 24.1 Å². The number of hydrogen-bond acceptors (Lipinski definition) is 2. The van der Waals surface area contributed by atoms with Crippen LogP contribution in [0.5, 0.6) is 5.88 Å². The predicted octanol–water partition coefficient (Wildman–Crippen LogP) is 2.67. The zero-order chi connectivity index (χ0) is 12.0. The van der Waals surface area contributed by atoms with Crippen molar-refractivity contribution >= 4 is 22.4 Å². The number of hydrogen-bond donors (Lipinski definition) is 2. The third-order valence-electron chi connectivity index (χ3n) is 3.48. The van der Waals surface area contributed by atoms with Crippen LogP contribution in [0.1, 0.15) is 18.2 Å². The minimum atomic E-state index is 0.309. The number of rotatable bonds is 1. The van der Waals surface area contributed by atoms with Gasteiger partial charge in [0.1, 0.15) is 0 Å². The number of nitrogens with one attached hydrogen (secondary N) is 1. The Morgan fingerprint density at radius 1 is 1.47 bits per heavy atom. The first kappa shape index (κ1) is 10.9. The summed E-state index contributed by atoms with van der Waals surface area (Å²) in [6.45, 7) is 4.59. The number of aromatic hydroxyl groups is 1. The molecule has 0 saturated carbocycles. The second kappa shape index (κ2) is 3.93. The molecule has 0 saturated heterocycles. The van der Waals surface area contributed by atoms with Crippen molar-refractivity contribution in [3.8, 4) is 5.88 Å². The molecule has 0 bridgehead atoms. The molecular weight excluding hydrogens is 236 g/mol. The molecule has 3 nitrogen and oxygen atoms in total. The second-order valence-electron chi connectivity index (χ2n) is 4.45. The number of aryl methyl sites for hydroxylation is 1. The lowest BCUT2D eigenvalue weighted by atomic mass is 10.1. The van der Waals surface area contributed by atoms with Crippen LogP contribution in [0, 0.1) is 0 Å². The Morgan fingerprint density at radius 3 is 3.06 bits per heavy atom. The third-order valence-corrected chi connectivity index (χ3v) is 3.78. The van der Waals surface area contributed by atoms with Crippen molar-refractivity contribution in [1.82, 2.24) is 9.88 Å². The SMILES string of the molecule is CCc1cc(Cl)c2c(O)n3c(c2c1)CNCC3. The van der Waals surface area contributed by atoms with Crippen LogP contribution in [0.3, 0.4) is 0 Å². The Hall–Kier alpha value is -1.19. The molecule has 0 fully saturated rings. The van der Waals surface area contributed by atoms with Gasteiger partial charge in [0.15, 0.2) is 0 Å². The van der Waals surface area contributed by atoms with E-state index in [0.29, 0.717) is 10.9 Å². The van der Waals surface area contributed by atoms with Crippen LogP contribution < -0.4 is 5.32 Å². The van der Waals surface area contributed by atoms with Crippen LogP contribution in [0.25, 0.3) is 10.8 Å². The van der Waals surface area contributed by atoms with E-state index in [1.165, 1.54) is 5.56 Å². The number of nitrogens with zero attached hydrogens (tertiary/aromatic N) is 1. The van der Waals surface area contributed by atoms with E-state index < -0.39 is 0 Å². The molecule has 3 rings (SSSR count). The van der Waals surface area contributed by atoms with E-state index in [-0.39, 0.29) is 0 Å². The van der Waals surface area contributed by atoms with E-state index in [1.807, 2.05) is 10.6 Å². The van der Waals surface area contributed by atoms with Gasteiger partial charge in [-0.1, -0.05) is 18.5 Å². The van der Waals surface area contributed by atoms with Crippen LogP contribution in [0.2, 0.25) is 5.02 Å². The molecule has 4 heteroatoms. The molecule has 17 heavy (non-hydrogen) atoms. The summed E-state index contributed by atoms with van der Waals surface area (Å²) in [5.74, 6) is 0.309. The Bertz CT molecular complexity index is 589. The molecule has 0 amide bonds. The van der Waals surface area contributed by atoms with Crippen molar-refractivity contribution in [1.29, 1.82) is 0 Å². The molecule has 0 spiro atoms. The summed E-state index contributed by atoms with van der Waals surface area (Å²) in [7, 11) is 0. The third kappa shape index (κ3) is 1.53. The van der Waals surface area contributed by atoms with E-state index >= 15 is 0 Å². The molecule has 2 N–H and O–H groups in total. The largest absolute Gasteiger partial charge is 0.494 e. The quantitative estimate of drug-likeness (QED) is 0.817. The van der Waals surface area contributed by atoms with Gasteiger partial charge in [0.25, 0.3) is 0 Å². The van der Waals surface area contributed by atoms with Crippen molar-refractivity contribution in [3.05, 3.63) is 28.4 Å². The number of halogens is 1. The Labute approximate surface area is 105 Å². The zero-order valence-corrected chi connectivity index (χ0v) is 10.5. The molecule has 1 aliphatic heterocycles. The highest BCUT2D eigenvalue weighted by molar-refractivity contribution is 6.36. The minimum absolute atomic E-state index is 0.309. The fourth-order valence-corrected chi connectivity index (χ4v) is 2.89. The highest BCUT2D eigenvalue weighted by Crippen LogP contribution is 2.38. The standard InChI is InChI=1S/C13H15ClN2O/c1-2-8-5-9-11-7-15-3-4-16(11)13(17)12(9)10(14)6-8/h5-6,15,17H,2-4,7H2,1H3. The number of fused-ring (bicyclic) bond motifs is 3. The molecule has 0 radical (unpaired) electrons. The monoisotopic (exact) mass is 250 g/mol. The fraction of sp³-hybridized carbons (Fsp3) is 0.385. The van der Waals surface area contributed by atoms with Crippen LogP contribution in [-0.4, -0.2) is 16.2 Å².